The summed E-state index contributed by atoms with van der Waals surface area (Å²) in [7, 11) is 0. The zero-order valence-electron chi connectivity index (χ0n) is 16.3. The molecule has 2 aliphatic heterocycles. The van der Waals surface area contributed by atoms with E-state index in [1.54, 1.807) is 12.3 Å². The highest BCUT2D eigenvalue weighted by molar-refractivity contribution is 5.92. The first-order valence-corrected chi connectivity index (χ1v) is 10.3. The topological polar surface area (TPSA) is 88.2 Å². The lowest BCUT2D eigenvalue weighted by molar-refractivity contribution is 0.0562. The monoisotopic (exact) mass is 382 g/mol. The Morgan fingerprint density at radius 2 is 2.11 bits per heavy atom. The van der Waals surface area contributed by atoms with E-state index < -0.39 is 0 Å². The molecule has 0 radical (unpaired) electrons. The van der Waals surface area contributed by atoms with Crippen molar-refractivity contribution in [1.82, 2.24) is 30.0 Å². The minimum absolute atomic E-state index is 0.0166. The van der Waals surface area contributed by atoms with Gasteiger partial charge in [0.1, 0.15) is 12.0 Å². The van der Waals surface area contributed by atoms with Crippen LogP contribution in [0.15, 0.2) is 23.0 Å². The summed E-state index contributed by atoms with van der Waals surface area (Å²) in [5.41, 5.74) is 0.313. The summed E-state index contributed by atoms with van der Waals surface area (Å²) in [6, 6.07) is 2.34. The predicted molar refractivity (Wildman–Crippen MR) is 101 cm³/mol. The predicted octanol–water partition coefficient (Wildman–Crippen LogP) is 1.83. The van der Waals surface area contributed by atoms with E-state index in [1.807, 2.05) is 11.8 Å². The Morgan fingerprint density at radius 3 is 2.82 bits per heavy atom. The van der Waals surface area contributed by atoms with Crippen LogP contribution in [0, 0.1) is 12.8 Å². The standard InChI is InChI=1S/C20H26N6O2/c1-14-23-24-19(28-14)20-7-9-25(18(27)17-6-8-21-13-22-17)10-15(20)11-26(12-20)16-4-2-3-5-16/h6,8,13,15-16H,2-5,7,9-12H2,1H3/t15-,20-/m0/s1. The Balaban J connectivity index is 1.42. The molecule has 0 N–H and O–H groups in total. The number of hydrogen-bond acceptors (Lipinski definition) is 7. The maximum Gasteiger partial charge on any atom is 0.272 e. The third-order valence-corrected chi connectivity index (χ3v) is 6.87. The van der Waals surface area contributed by atoms with E-state index in [-0.39, 0.29) is 11.3 Å². The third-order valence-electron chi connectivity index (χ3n) is 6.87. The second-order valence-corrected chi connectivity index (χ2v) is 8.44. The number of carbonyl (C=O) groups excluding carboxylic acids is 1. The second kappa shape index (κ2) is 6.92. The van der Waals surface area contributed by atoms with Crippen LogP contribution in [0.1, 0.15) is 54.4 Å². The minimum atomic E-state index is -0.147. The smallest absolute Gasteiger partial charge is 0.272 e. The number of piperidine rings is 1. The number of aromatic nitrogens is 4. The SMILES string of the molecule is Cc1nnc([C@]23CCN(C(=O)c4ccncn4)C[C@H]2CN(C2CCCC2)C3)o1. The Labute approximate surface area is 164 Å². The van der Waals surface area contributed by atoms with Crippen LogP contribution in [0.2, 0.25) is 0 Å². The first kappa shape index (κ1) is 17.7. The highest BCUT2D eigenvalue weighted by atomic mass is 16.4. The van der Waals surface area contributed by atoms with Gasteiger partial charge in [-0.25, -0.2) is 9.97 Å². The van der Waals surface area contributed by atoms with Gasteiger partial charge in [-0.2, -0.15) is 0 Å². The lowest BCUT2D eigenvalue weighted by Gasteiger charge is -2.41. The van der Waals surface area contributed by atoms with E-state index in [1.165, 1.54) is 32.0 Å². The number of aryl methyl sites for hydroxylation is 1. The molecule has 2 atom stereocenters. The fourth-order valence-corrected chi connectivity index (χ4v) is 5.38. The maximum absolute atomic E-state index is 12.9. The van der Waals surface area contributed by atoms with Crippen molar-refractivity contribution in [3.63, 3.8) is 0 Å². The molecule has 1 aliphatic carbocycles. The largest absolute Gasteiger partial charge is 0.425 e. The number of fused-ring (bicyclic) bond motifs is 1. The summed E-state index contributed by atoms with van der Waals surface area (Å²) in [6.45, 7) is 5.17. The molecule has 2 aromatic rings. The van der Waals surface area contributed by atoms with Crippen molar-refractivity contribution in [2.24, 2.45) is 5.92 Å². The Kier molecular flexibility index (Phi) is 4.38. The Morgan fingerprint density at radius 1 is 1.25 bits per heavy atom. The summed E-state index contributed by atoms with van der Waals surface area (Å²) in [6.07, 6.45) is 9.07. The van der Waals surface area contributed by atoms with Crippen LogP contribution in [-0.2, 0) is 5.41 Å². The van der Waals surface area contributed by atoms with Crippen molar-refractivity contribution >= 4 is 5.91 Å². The van der Waals surface area contributed by atoms with Gasteiger partial charge in [0.15, 0.2) is 0 Å². The van der Waals surface area contributed by atoms with Crippen LogP contribution < -0.4 is 0 Å². The van der Waals surface area contributed by atoms with Gasteiger partial charge in [-0.1, -0.05) is 12.8 Å². The summed E-state index contributed by atoms with van der Waals surface area (Å²) in [5, 5.41) is 8.53. The lowest BCUT2D eigenvalue weighted by atomic mass is 9.72. The van der Waals surface area contributed by atoms with E-state index in [9.17, 15) is 4.79 Å². The maximum atomic E-state index is 12.9. The molecular weight excluding hydrogens is 356 g/mol. The summed E-state index contributed by atoms with van der Waals surface area (Å²) in [4.78, 5) is 25.6. The fraction of sp³-hybridized carbons (Fsp3) is 0.650. The van der Waals surface area contributed by atoms with Gasteiger partial charge in [0.05, 0.1) is 5.41 Å². The molecule has 8 heteroatoms. The van der Waals surface area contributed by atoms with E-state index in [4.69, 9.17) is 4.42 Å². The van der Waals surface area contributed by atoms with Gasteiger partial charge in [-0.05, 0) is 25.3 Å². The summed E-state index contributed by atoms with van der Waals surface area (Å²) >= 11 is 0. The van der Waals surface area contributed by atoms with Crippen molar-refractivity contribution in [3.8, 4) is 0 Å². The molecule has 8 nitrogen and oxygen atoms in total. The Hall–Kier alpha value is -2.35. The normalized spacial score (nSPS) is 28.6. The molecule has 4 heterocycles. The van der Waals surface area contributed by atoms with E-state index >= 15 is 0 Å². The lowest BCUT2D eigenvalue weighted by Crippen LogP contribution is -2.51. The molecule has 2 aromatic heterocycles. The van der Waals surface area contributed by atoms with Gasteiger partial charge in [-0.15, -0.1) is 10.2 Å². The Bertz CT molecular complexity index is 849. The molecule has 0 spiro atoms. The highest BCUT2D eigenvalue weighted by Gasteiger charge is 2.55. The number of likely N-dealkylation sites (tertiary alicyclic amines) is 2. The van der Waals surface area contributed by atoms with Crippen molar-refractivity contribution in [2.45, 2.75) is 50.5 Å². The number of nitrogens with zero attached hydrogens (tertiary/aromatic N) is 6. The molecule has 0 aromatic carbocycles. The van der Waals surface area contributed by atoms with Crippen LogP contribution in [0.5, 0.6) is 0 Å². The first-order valence-electron chi connectivity index (χ1n) is 10.3. The van der Waals surface area contributed by atoms with E-state index in [0.717, 1.165) is 25.4 Å². The van der Waals surface area contributed by atoms with Gasteiger partial charge in [0, 0.05) is 51.3 Å². The van der Waals surface area contributed by atoms with Crippen LogP contribution >= 0.6 is 0 Å². The molecule has 28 heavy (non-hydrogen) atoms. The van der Waals surface area contributed by atoms with Crippen LogP contribution in [-0.4, -0.2) is 68.1 Å². The van der Waals surface area contributed by atoms with E-state index in [0.29, 0.717) is 36.6 Å². The molecule has 2 saturated heterocycles. The second-order valence-electron chi connectivity index (χ2n) is 8.44. The molecule has 5 rings (SSSR count). The first-order chi connectivity index (χ1) is 13.7. The van der Waals surface area contributed by atoms with E-state index in [2.05, 4.69) is 25.1 Å². The quantitative estimate of drug-likeness (QED) is 0.800. The van der Waals surface area contributed by atoms with Crippen LogP contribution in [0.3, 0.4) is 0 Å². The minimum Gasteiger partial charge on any atom is -0.425 e. The van der Waals surface area contributed by atoms with Crippen molar-refractivity contribution < 1.29 is 9.21 Å². The van der Waals surface area contributed by atoms with Crippen molar-refractivity contribution in [1.29, 1.82) is 0 Å². The highest BCUT2D eigenvalue weighted by Crippen LogP contribution is 2.46. The molecule has 3 aliphatic rings. The molecule has 148 valence electrons. The molecule has 1 saturated carbocycles. The average molecular weight is 382 g/mol. The molecule has 0 unspecified atom stereocenters. The fourth-order valence-electron chi connectivity index (χ4n) is 5.38. The number of amides is 1. The third kappa shape index (κ3) is 2.90. The van der Waals surface area contributed by atoms with Gasteiger partial charge in [0.2, 0.25) is 11.8 Å². The molecule has 1 amide bonds. The van der Waals surface area contributed by atoms with Gasteiger partial charge >= 0.3 is 0 Å². The van der Waals surface area contributed by atoms with Gasteiger partial charge in [-0.3, -0.25) is 9.69 Å². The summed E-state index contributed by atoms with van der Waals surface area (Å²) in [5.74, 6) is 1.65. The zero-order valence-corrected chi connectivity index (χ0v) is 16.3. The van der Waals surface area contributed by atoms with Crippen LogP contribution in [0.25, 0.3) is 0 Å². The van der Waals surface area contributed by atoms with Gasteiger partial charge in [0.25, 0.3) is 5.91 Å². The van der Waals surface area contributed by atoms with Crippen molar-refractivity contribution in [2.75, 3.05) is 26.2 Å². The van der Waals surface area contributed by atoms with Crippen LogP contribution in [0.4, 0.5) is 0 Å². The number of carbonyl (C=O) groups is 1. The summed E-state index contributed by atoms with van der Waals surface area (Å²) < 4.78 is 5.95. The number of rotatable bonds is 3. The molecular formula is C20H26N6O2. The zero-order chi connectivity index (χ0) is 19.1. The van der Waals surface area contributed by atoms with Crippen molar-refractivity contribution in [3.05, 3.63) is 36.1 Å². The average Bonchev–Trinajstić information content (AvgIpc) is 3.46. The molecule has 3 fully saturated rings. The molecule has 0 bridgehead atoms. The van der Waals surface area contributed by atoms with Gasteiger partial charge < -0.3 is 9.32 Å². The number of hydrogen-bond donors (Lipinski definition) is 0.